The number of nitrogens with two attached hydrogens (primary N) is 2. The average Bonchev–Trinajstić information content (AvgIpc) is 3.12. The molecule has 4 aromatic rings. The molecule has 0 saturated heterocycles. The van der Waals surface area contributed by atoms with E-state index in [1.165, 1.54) is 46.2 Å². The Morgan fingerprint density at radius 2 is 1.08 bits per heavy atom. The molecule has 6 rings (SSSR count). The Hall–Kier alpha value is -5.93. The van der Waals surface area contributed by atoms with Gasteiger partial charge in [0.05, 0.1) is 21.2 Å². The monoisotopic (exact) mass is 654 g/mol. The van der Waals surface area contributed by atoms with Crippen LogP contribution < -0.4 is 21.3 Å². The summed E-state index contributed by atoms with van der Waals surface area (Å²) in [7, 11) is 0. The highest BCUT2D eigenvalue weighted by atomic mass is 19.1. The molecule has 0 amide bonds. The van der Waals surface area contributed by atoms with E-state index in [1.807, 2.05) is 0 Å². The van der Waals surface area contributed by atoms with E-state index in [1.54, 1.807) is 48.5 Å². The summed E-state index contributed by atoms with van der Waals surface area (Å²) in [5.74, 6) is -1.09. The van der Waals surface area contributed by atoms with Gasteiger partial charge >= 0.3 is 0 Å². The Morgan fingerprint density at radius 1 is 0.688 bits per heavy atom. The predicted molar refractivity (Wildman–Crippen MR) is 176 cm³/mol. The number of aliphatic imine (C=N–C) groups is 2. The average molecular weight is 655 g/mol. The van der Waals surface area contributed by atoms with Crippen LogP contribution in [0.3, 0.4) is 0 Å². The third kappa shape index (κ3) is 5.44. The number of hydrogen-bond donors (Lipinski definition) is 2. The zero-order chi connectivity index (χ0) is 34.1. The van der Waals surface area contributed by atoms with Gasteiger partial charge in [0, 0.05) is 59.9 Å². The molecule has 4 N–H and O–H groups in total. The number of nitrogens with zero attached hydrogens (tertiary/aromatic N) is 6. The molecule has 0 fully saturated rings. The highest BCUT2D eigenvalue weighted by Gasteiger charge is 2.46. The van der Waals surface area contributed by atoms with Crippen molar-refractivity contribution in [3.8, 4) is 0 Å². The molecule has 0 aliphatic carbocycles. The van der Waals surface area contributed by atoms with Crippen LogP contribution in [0.25, 0.3) is 0 Å². The maximum absolute atomic E-state index is 15.5. The van der Waals surface area contributed by atoms with Gasteiger partial charge in [0.1, 0.15) is 37.1 Å². The van der Waals surface area contributed by atoms with E-state index in [4.69, 9.17) is 11.5 Å². The van der Waals surface area contributed by atoms with E-state index in [0.29, 0.717) is 22.5 Å². The summed E-state index contributed by atoms with van der Waals surface area (Å²) in [5.41, 5.74) is 13.4. The zero-order valence-corrected chi connectivity index (χ0v) is 25.2. The molecule has 48 heavy (non-hydrogen) atoms. The van der Waals surface area contributed by atoms with Crippen LogP contribution in [0, 0.1) is 20.2 Å². The van der Waals surface area contributed by atoms with E-state index >= 15 is 4.79 Å². The number of amidine groups is 2. The van der Waals surface area contributed by atoms with Crippen molar-refractivity contribution in [2.24, 2.45) is 21.5 Å². The number of benzene rings is 4. The first-order valence-electron chi connectivity index (χ1n) is 14.7. The van der Waals surface area contributed by atoms with Crippen molar-refractivity contribution in [2.45, 2.75) is 25.2 Å². The fraction of sp³-hybridized carbons (Fsp3) is 0.182. The van der Waals surface area contributed by atoms with E-state index in [0.717, 1.165) is 0 Å². The van der Waals surface area contributed by atoms with Gasteiger partial charge in [-0.2, -0.15) is 0 Å². The van der Waals surface area contributed by atoms with Gasteiger partial charge in [0.15, 0.2) is 5.78 Å². The topological polar surface area (TPSA) is 187 Å². The molecule has 13 nitrogen and oxygen atoms in total. The standard InChI is InChI=1S/C33H28F2N8O5/c34-15-29-38-25-11-9-21(42(45)46)13-23(25)31(40(29)27-7-3-1-5-19(27)17-36)33(44)32-24-14-22(43(47)48)10-12-26(24)39-30(16-35)41(32)28-8-4-2-6-20(28)18-37/h1-14,31-32H,15-18,36-37H2. The molecule has 0 saturated carbocycles. The summed E-state index contributed by atoms with van der Waals surface area (Å²) < 4.78 is 30.0. The van der Waals surface area contributed by atoms with Crippen molar-refractivity contribution < 1.29 is 23.4 Å². The Morgan fingerprint density at radius 3 is 1.44 bits per heavy atom. The molecule has 0 radical (unpaired) electrons. The summed E-state index contributed by atoms with van der Waals surface area (Å²) in [6, 6.07) is 17.8. The maximum Gasteiger partial charge on any atom is 0.269 e. The lowest BCUT2D eigenvalue weighted by molar-refractivity contribution is -0.385. The number of Topliss-reactive ketones (excluding diaryl/α,β-unsaturated/α-hetero) is 1. The Bertz CT molecular complexity index is 1880. The smallest absolute Gasteiger partial charge is 0.269 e. The van der Waals surface area contributed by atoms with Gasteiger partial charge in [-0.1, -0.05) is 36.4 Å². The minimum absolute atomic E-state index is 0.0118. The van der Waals surface area contributed by atoms with Crippen LogP contribution in [0.5, 0.6) is 0 Å². The van der Waals surface area contributed by atoms with Crippen molar-refractivity contribution in [1.29, 1.82) is 0 Å². The molecule has 0 aromatic heterocycles. The summed E-state index contributed by atoms with van der Waals surface area (Å²) in [5, 5.41) is 23.9. The van der Waals surface area contributed by atoms with Crippen LogP contribution in [0.1, 0.15) is 34.3 Å². The molecule has 2 aliphatic heterocycles. The molecule has 2 atom stereocenters. The lowest BCUT2D eigenvalue weighted by Crippen LogP contribution is -2.50. The Balaban J connectivity index is 1.68. The van der Waals surface area contributed by atoms with Crippen molar-refractivity contribution in [3.05, 3.63) is 127 Å². The van der Waals surface area contributed by atoms with Crippen LogP contribution >= 0.6 is 0 Å². The minimum Gasteiger partial charge on any atom is -0.326 e. The van der Waals surface area contributed by atoms with Crippen LogP contribution in [0.2, 0.25) is 0 Å². The second-order valence-corrected chi connectivity index (χ2v) is 10.9. The van der Waals surface area contributed by atoms with Gasteiger partial charge in [-0.05, 0) is 35.4 Å². The molecule has 0 spiro atoms. The summed E-state index contributed by atoms with van der Waals surface area (Å²) in [4.78, 5) is 49.7. The number of carbonyl (C=O) groups excluding carboxylic acids is 1. The molecule has 2 heterocycles. The molecule has 244 valence electrons. The quantitative estimate of drug-likeness (QED) is 0.157. The van der Waals surface area contributed by atoms with Crippen molar-refractivity contribution in [3.63, 3.8) is 0 Å². The second kappa shape index (κ2) is 13.1. The lowest BCUT2D eigenvalue weighted by atomic mass is 9.86. The van der Waals surface area contributed by atoms with Crippen LogP contribution in [0.4, 0.5) is 42.9 Å². The number of nitro groups is 2. The molecule has 4 aromatic carbocycles. The van der Waals surface area contributed by atoms with Crippen LogP contribution in [0.15, 0.2) is 94.9 Å². The fourth-order valence-electron chi connectivity index (χ4n) is 6.21. The third-order valence-corrected chi connectivity index (χ3v) is 8.32. The summed E-state index contributed by atoms with van der Waals surface area (Å²) in [6.45, 7) is -2.30. The zero-order valence-electron chi connectivity index (χ0n) is 25.2. The minimum atomic E-state index is -1.50. The van der Waals surface area contributed by atoms with Crippen molar-refractivity contribution in [1.82, 2.24) is 0 Å². The van der Waals surface area contributed by atoms with Gasteiger partial charge in [-0.3, -0.25) is 25.0 Å². The number of anilines is 2. The van der Waals surface area contributed by atoms with Gasteiger partial charge in [0.25, 0.3) is 11.4 Å². The number of nitro benzene ring substituents is 2. The lowest BCUT2D eigenvalue weighted by Gasteiger charge is -2.43. The SMILES string of the molecule is NCc1ccccc1N1C(CF)=Nc2ccc([N+](=O)[O-])cc2C1C(=O)C1c2cc([N+](=O)[O-])ccc2N=C(CF)N1c1ccccc1CN. The van der Waals surface area contributed by atoms with E-state index < -0.39 is 41.1 Å². The predicted octanol–water partition coefficient (Wildman–Crippen LogP) is 5.81. The highest BCUT2D eigenvalue weighted by molar-refractivity contribution is 6.15. The normalized spacial score (nSPS) is 16.8. The number of ketones is 1. The highest BCUT2D eigenvalue weighted by Crippen LogP contribution is 2.48. The van der Waals surface area contributed by atoms with Crippen LogP contribution in [-0.4, -0.2) is 40.7 Å². The molecule has 2 aliphatic rings. The largest absolute Gasteiger partial charge is 0.326 e. The van der Waals surface area contributed by atoms with Crippen molar-refractivity contribution in [2.75, 3.05) is 23.1 Å². The van der Waals surface area contributed by atoms with E-state index in [9.17, 15) is 29.0 Å². The first kappa shape index (κ1) is 32.0. The molecular weight excluding hydrogens is 626 g/mol. The van der Waals surface area contributed by atoms with Crippen LogP contribution in [-0.2, 0) is 17.9 Å². The fourth-order valence-corrected chi connectivity index (χ4v) is 6.21. The maximum atomic E-state index is 15.5. The number of carbonyl (C=O) groups is 1. The Labute approximate surface area is 272 Å². The van der Waals surface area contributed by atoms with Crippen molar-refractivity contribution >= 4 is 51.6 Å². The van der Waals surface area contributed by atoms with Gasteiger partial charge in [0.2, 0.25) is 0 Å². The number of para-hydroxylation sites is 2. The van der Waals surface area contributed by atoms with Gasteiger partial charge < -0.3 is 21.3 Å². The molecule has 2 unspecified atom stereocenters. The first-order valence-corrected chi connectivity index (χ1v) is 14.7. The number of non-ortho nitro benzene ring substituents is 2. The molecule has 0 bridgehead atoms. The second-order valence-electron chi connectivity index (χ2n) is 10.9. The Kier molecular flexibility index (Phi) is 8.71. The summed E-state index contributed by atoms with van der Waals surface area (Å²) >= 11 is 0. The first-order chi connectivity index (χ1) is 23.2. The number of rotatable bonds is 10. The number of alkyl halides is 2. The number of fused-ring (bicyclic) bond motifs is 2. The van der Waals surface area contributed by atoms with E-state index in [-0.39, 0.29) is 58.6 Å². The molecular formula is C33H28F2N8O5. The van der Waals surface area contributed by atoms with Gasteiger partial charge in [-0.15, -0.1) is 0 Å². The van der Waals surface area contributed by atoms with E-state index in [2.05, 4.69) is 9.98 Å². The summed E-state index contributed by atoms with van der Waals surface area (Å²) in [6.07, 6.45) is 0. The van der Waals surface area contributed by atoms with Gasteiger partial charge in [-0.25, -0.2) is 18.8 Å². The molecule has 15 heteroatoms. The number of halogens is 2. The number of hydrogen-bond acceptors (Lipinski definition) is 11. The third-order valence-electron chi connectivity index (χ3n) is 8.32.